The van der Waals surface area contributed by atoms with E-state index >= 15 is 0 Å². The Balaban J connectivity index is 1.38. The Hall–Kier alpha value is -5.81. The van der Waals surface area contributed by atoms with E-state index in [1.807, 2.05) is 19.9 Å². The summed E-state index contributed by atoms with van der Waals surface area (Å²) in [6.45, 7) is 4.95. The predicted octanol–water partition coefficient (Wildman–Crippen LogP) is 4.87. The molecule has 0 aliphatic heterocycles. The number of aryl methyl sites for hydroxylation is 2. The average Bonchev–Trinajstić information content (AvgIpc) is 3.04. The summed E-state index contributed by atoms with van der Waals surface area (Å²) in [5.74, 6) is -1.89. The minimum Gasteiger partial charge on any atom is -0.320 e. The lowest BCUT2D eigenvalue weighted by Crippen LogP contribution is -2.29. The zero-order valence-electron chi connectivity index (χ0n) is 26.6. The number of rotatable bonds is 10. The van der Waals surface area contributed by atoms with Crippen molar-refractivity contribution in [3.05, 3.63) is 107 Å². The quantitative estimate of drug-likeness (QED) is 0.0645. The number of hydrogen-bond donors (Lipinski definition) is 5. The van der Waals surface area contributed by atoms with Gasteiger partial charge < -0.3 is 5.32 Å². The lowest BCUT2D eigenvalue weighted by molar-refractivity contribution is -0.114. The number of nitrogens with one attached hydrogen (secondary N) is 3. The van der Waals surface area contributed by atoms with Gasteiger partial charge in [-0.2, -0.15) is 27.0 Å². The van der Waals surface area contributed by atoms with E-state index in [4.69, 9.17) is 0 Å². The molecule has 5 rings (SSSR count). The zero-order valence-corrected chi connectivity index (χ0v) is 28.3. The highest BCUT2D eigenvalue weighted by Crippen LogP contribution is 2.32. The standard InChI is InChI=1S/C34H29N5O9S2/c1-19-15-24(36-38-32(21(3)40)34(42)35-23-7-5-4-6-8-23)10-12-27(19)28-13-11-25(16-20(28)2)37-39-33-29(41)14-9-22-17-26(49(43,44)45)18-30(31(22)33)50(46,47)48/h4-18,36-37H,1-3H3,(H,35,42)(H,43,44,45)(H,46,47,48). The molecule has 1 aliphatic carbocycles. The number of amides is 1. The fourth-order valence-corrected chi connectivity index (χ4v) is 6.51. The Kier molecular flexibility index (Phi) is 9.92. The number of carbonyl (C=O) groups is 3. The predicted molar refractivity (Wildman–Crippen MR) is 188 cm³/mol. The number of allylic oxidation sites excluding steroid dienone is 1. The van der Waals surface area contributed by atoms with Crippen LogP contribution in [-0.2, 0) is 34.6 Å². The van der Waals surface area contributed by atoms with E-state index in [1.165, 1.54) is 6.92 Å². The van der Waals surface area contributed by atoms with E-state index in [0.717, 1.165) is 40.5 Å². The first-order chi connectivity index (χ1) is 23.5. The van der Waals surface area contributed by atoms with Gasteiger partial charge in [0.25, 0.3) is 26.1 Å². The highest BCUT2D eigenvalue weighted by molar-refractivity contribution is 7.86. The van der Waals surface area contributed by atoms with E-state index in [-0.39, 0.29) is 16.8 Å². The number of Topliss-reactive ketones (excluding diaryl/α,β-unsaturated/α-hetero) is 1. The molecule has 256 valence electrons. The molecular weight excluding hydrogens is 687 g/mol. The highest BCUT2D eigenvalue weighted by Gasteiger charge is 2.30. The Morgan fingerprint density at radius 2 is 1.32 bits per heavy atom. The summed E-state index contributed by atoms with van der Waals surface area (Å²) in [6, 6.07) is 20.7. The molecule has 5 N–H and O–H groups in total. The third-order valence-electron chi connectivity index (χ3n) is 7.48. The summed E-state index contributed by atoms with van der Waals surface area (Å²) in [5.41, 5.74) is 9.16. The average molecular weight is 716 g/mol. The van der Waals surface area contributed by atoms with E-state index in [0.29, 0.717) is 23.1 Å². The lowest BCUT2D eigenvalue weighted by atomic mass is 9.94. The van der Waals surface area contributed by atoms with Gasteiger partial charge in [-0.25, -0.2) is 0 Å². The zero-order chi connectivity index (χ0) is 36.4. The van der Waals surface area contributed by atoms with Gasteiger partial charge in [0.15, 0.2) is 11.5 Å². The maximum absolute atomic E-state index is 12.8. The lowest BCUT2D eigenvalue weighted by Gasteiger charge is -2.17. The first-order valence-corrected chi connectivity index (χ1v) is 17.5. The summed E-state index contributed by atoms with van der Waals surface area (Å²) in [5, 5.41) is 10.8. The fourth-order valence-electron chi connectivity index (χ4n) is 5.14. The number of hydrazone groups is 2. The molecule has 0 saturated carbocycles. The van der Waals surface area contributed by atoms with Crippen LogP contribution in [0.2, 0.25) is 0 Å². The molecule has 0 heterocycles. The molecule has 0 bridgehead atoms. The SMILES string of the molecule is CC(=O)C(=NNc1ccc(-c2ccc(NN=C3C(=O)C=Cc4cc(S(=O)(=O)O)cc(S(=O)(=O)O)c43)cc2C)c(C)c1)C(=O)Nc1ccccc1. The van der Waals surface area contributed by atoms with Gasteiger partial charge in [-0.15, -0.1) is 0 Å². The van der Waals surface area contributed by atoms with Crippen LogP contribution in [0.3, 0.4) is 0 Å². The van der Waals surface area contributed by atoms with Crippen molar-refractivity contribution in [3.63, 3.8) is 0 Å². The van der Waals surface area contributed by atoms with Gasteiger partial charge in [-0.3, -0.25) is 34.3 Å². The Morgan fingerprint density at radius 3 is 1.86 bits per heavy atom. The fraction of sp³-hybridized carbons (Fsp3) is 0.0882. The van der Waals surface area contributed by atoms with E-state index in [1.54, 1.807) is 60.7 Å². The van der Waals surface area contributed by atoms with Crippen molar-refractivity contribution in [2.75, 3.05) is 16.2 Å². The normalized spacial score (nSPS) is 13.9. The van der Waals surface area contributed by atoms with Gasteiger partial charge in [0.1, 0.15) is 10.6 Å². The first-order valence-electron chi connectivity index (χ1n) is 14.6. The summed E-state index contributed by atoms with van der Waals surface area (Å²) in [7, 11) is -9.91. The number of para-hydroxylation sites is 1. The van der Waals surface area contributed by atoms with Gasteiger partial charge in [0, 0.05) is 18.2 Å². The molecule has 1 amide bonds. The Morgan fingerprint density at radius 1 is 0.720 bits per heavy atom. The van der Waals surface area contributed by atoms with Crippen LogP contribution in [0.1, 0.15) is 29.2 Å². The largest absolute Gasteiger partial charge is 0.320 e. The molecular formula is C34H29N5O9S2. The summed E-state index contributed by atoms with van der Waals surface area (Å²) >= 11 is 0. The second kappa shape index (κ2) is 14.0. The van der Waals surface area contributed by atoms with Crippen molar-refractivity contribution in [2.24, 2.45) is 10.2 Å². The van der Waals surface area contributed by atoms with Crippen LogP contribution in [-0.4, -0.2) is 54.8 Å². The molecule has 0 atom stereocenters. The number of nitrogens with zero attached hydrogens (tertiary/aromatic N) is 2. The second-order valence-electron chi connectivity index (χ2n) is 11.1. The number of fused-ring (bicyclic) bond motifs is 1. The molecule has 0 radical (unpaired) electrons. The third kappa shape index (κ3) is 7.90. The van der Waals surface area contributed by atoms with E-state index in [2.05, 4.69) is 26.4 Å². The van der Waals surface area contributed by atoms with Crippen molar-refractivity contribution in [1.82, 2.24) is 0 Å². The van der Waals surface area contributed by atoms with Crippen molar-refractivity contribution >= 4 is 72.3 Å². The van der Waals surface area contributed by atoms with Gasteiger partial charge in [-0.05, 0) is 96.3 Å². The van der Waals surface area contributed by atoms with Gasteiger partial charge in [0.2, 0.25) is 5.78 Å². The monoisotopic (exact) mass is 715 g/mol. The topological polar surface area (TPSA) is 221 Å². The van der Waals surface area contributed by atoms with Crippen LogP contribution in [0.15, 0.2) is 105 Å². The second-order valence-corrected chi connectivity index (χ2v) is 13.9. The number of carbonyl (C=O) groups excluding carboxylic acids is 3. The van der Waals surface area contributed by atoms with E-state index < -0.39 is 53.2 Å². The van der Waals surface area contributed by atoms with E-state index in [9.17, 15) is 40.3 Å². The molecule has 0 aromatic heterocycles. The molecule has 0 saturated heterocycles. The minimum atomic E-state index is -5.06. The van der Waals surface area contributed by atoms with Crippen molar-refractivity contribution < 1.29 is 40.3 Å². The van der Waals surface area contributed by atoms with Crippen LogP contribution >= 0.6 is 0 Å². The number of hydrogen-bond acceptors (Lipinski definition) is 11. The van der Waals surface area contributed by atoms with Crippen molar-refractivity contribution in [3.8, 4) is 11.1 Å². The molecule has 4 aromatic carbocycles. The summed E-state index contributed by atoms with van der Waals surface area (Å²) in [4.78, 5) is 35.9. The van der Waals surface area contributed by atoms with Gasteiger partial charge in [0.05, 0.1) is 16.3 Å². The maximum atomic E-state index is 12.8. The van der Waals surface area contributed by atoms with Crippen LogP contribution in [0.25, 0.3) is 17.2 Å². The number of benzene rings is 4. The molecule has 4 aromatic rings. The molecule has 0 spiro atoms. The van der Waals surface area contributed by atoms with Crippen LogP contribution in [0.4, 0.5) is 17.1 Å². The molecule has 0 fully saturated rings. The van der Waals surface area contributed by atoms with Crippen molar-refractivity contribution in [2.45, 2.75) is 30.6 Å². The van der Waals surface area contributed by atoms with Crippen LogP contribution in [0.5, 0.6) is 0 Å². The Labute approximate surface area is 287 Å². The Bertz CT molecular complexity index is 2390. The molecule has 0 unspecified atom stereocenters. The van der Waals surface area contributed by atoms with Crippen LogP contribution in [0, 0.1) is 13.8 Å². The molecule has 14 nitrogen and oxygen atoms in total. The first kappa shape index (κ1) is 35.5. The van der Waals surface area contributed by atoms with Gasteiger partial charge >= 0.3 is 0 Å². The summed E-state index contributed by atoms with van der Waals surface area (Å²) in [6.07, 6.45) is 2.20. The van der Waals surface area contributed by atoms with Gasteiger partial charge in [-0.1, -0.05) is 36.4 Å². The summed E-state index contributed by atoms with van der Waals surface area (Å²) < 4.78 is 67.1. The maximum Gasteiger partial charge on any atom is 0.295 e. The molecule has 50 heavy (non-hydrogen) atoms. The smallest absolute Gasteiger partial charge is 0.295 e. The third-order valence-corrected chi connectivity index (χ3v) is 9.19. The van der Waals surface area contributed by atoms with Crippen molar-refractivity contribution in [1.29, 1.82) is 0 Å². The van der Waals surface area contributed by atoms with Crippen LogP contribution < -0.4 is 16.2 Å². The molecule has 16 heteroatoms. The number of ketones is 2. The minimum absolute atomic E-state index is 0.0773. The molecule has 1 aliphatic rings. The number of anilines is 3. The highest BCUT2D eigenvalue weighted by atomic mass is 32.2.